The van der Waals surface area contributed by atoms with Crippen molar-refractivity contribution in [2.75, 3.05) is 0 Å². The van der Waals surface area contributed by atoms with Crippen LogP contribution in [0.1, 0.15) is 9.60 Å². The fourth-order valence-corrected chi connectivity index (χ4v) is 5.94. The van der Waals surface area contributed by atoms with E-state index in [1.165, 1.54) is 0 Å². The smallest absolute Gasteiger partial charge is 0.0622 e. The summed E-state index contributed by atoms with van der Waals surface area (Å²) in [5, 5.41) is 3.45. The fraction of sp³-hybridized carbons (Fsp3) is 0. The van der Waals surface area contributed by atoms with E-state index in [9.17, 15) is 6.85 Å². The lowest BCUT2D eigenvalue weighted by molar-refractivity contribution is 1.62. The molecule has 0 aliphatic carbocycles. The van der Waals surface area contributed by atoms with Crippen molar-refractivity contribution in [3.8, 4) is 44.5 Å². The minimum atomic E-state index is -0.379. The highest BCUT2D eigenvalue weighted by atomic mass is 14.2. The van der Waals surface area contributed by atoms with Crippen LogP contribution in [0.3, 0.4) is 0 Å². The molecular weight excluding hydrogens is 504 g/mol. The number of benzene rings is 8. The molecule has 0 saturated heterocycles. The molecule has 8 aromatic carbocycles. The maximum atomic E-state index is 9.73. The monoisotopic (exact) mass is 539 g/mol. The molecule has 0 atom stereocenters. The summed E-state index contributed by atoms with van der Waals surface area (Å²) in [5.41, 5.74) is 5.10. The molecule has 0 heteroatoms. The van der Waals surface area contributed by atoms with Gasteiger partial charge in [-0.05, 0) is 82.9 Å². The van der Waals surface area contributed by atoms with Gasteiger partial charge in [-0.15, -0.1) is 0 Å². The average Bonchev–Trinajstić information content (AvgIpc) is 3.15. The molecule has 0 radical (unpaired) electrons. The maximum absolute atomic E-state index is 9.73. The van der Waals surface area contributed by atoms with E-state index in [2.05, 4.69) is 24.3 Å². The van der Waals surface area contributed by atoms with Crippen molar-refractivity contribution in [1.82, 2.24) is 0 Å². The summed E-state index contributed by atoms with van der Waals surface area (Å²) in [6.07, 6.45) is 0. The third-order valence-electron chi connectivity index (χ3n) is 7.90. The summed E-state index contributed by atoms with van der Waals surface area (Å²) >= 11 is 0. The van der Waals surface area contributed by atoms with E-state index in [0.717, 1.165) is 21.9 Å². The predicted octanol–water partition coefficient (Wildman–Crippen LogP) is 11.8. The summed E-state index contributed by atoms with van der Waals surface area (Å²) < 4.78 is 64.3. The Morgan fingerprint density at radius 1 is 0.333 bits per heavy atom. The Kier molecular flexibility index (Phi) is 4.38. The van der Waals surface area contributed by atoms with Crippen LogP contribution in [0.2, 0.25) is 0 Å². The van der Waals surface area contributed by atoms with Crippen molar-refractivity contribution >= 4 is 32.3 Å². The fourth-order valence-electron chi connectivity index (χ4n) is 5.94. The number of fused-ring (bicyclic) bond motifs is 3. The summed E-state index contributed by atoms with van der Waals surface area (Å²) in [6, 6.07) is 39.2. The second kappa shape index (κ2) is 10.2. The van der Waals surface area contributed by atoms with Gasteiger partial charge >= 0.3 is 0 Å². The molecule has 0 saturated carbocycles. The van der Waals surface area contributed by atoms with E-state index in [1.54, 1.807) is 0 Å². The second-order valence-electron chi connectivity index (χ2n) is 10.3. The molecule has 0 N–H and O–H groups in total. The molecule has 0 heterocycles. The standard InChI is InChI=1S/C42H28/c1-3-12-29(13-4-1)34-26-27-39-40(28-34)42(38-20-10-9-19-37(38)41(39)32-15-5-2-6-16-32)33-24-22-31(23-25-33)36-21-11-17-30-14-7-8-18-35(30)36/h1-28H/i9D,10D,19D,20D,26D,27D,28D. The van der Waals surface area contributed by atoms with Gasteiger partial charge in [0.25, 0.3) is 0 Å². The topological polar surface area (TPSA) is 0 Å². The van der Waals surface area contributed by atoms with Crippen LogP contribution in [-0.4, -0.2) is 0 Å². The normalized spacial score (nSPS) is 13.7. The van der Waals surface area contributed by atoms with Gasteiger partial charge in [0.1, 0.15) is 0 Å². The summed E-state index contributed by atoms with van der Waals surface area (Å²) in [6.45, 7) is 0. The molecule has 0 unspecified atom stereocenters. The SMILES string of the molecule is [2H]c1c([2H])c([2H])c2c(-c3ccc(-c4cccc5ccccc45)cc3)c3c([2H])c(-c4ccccc4)c([2H])c([2H])c3c(-c3ccccc3)c2c1[2H]. The van der Waals surface area contributed by atoms with Gasteiger partial charge in [0.2, 0.25) is 0 Å². The average molecular weight is 540 g/mol. The lowest BCUT2D eigenvalue weighted by atomic mass is 9.84. The Labute approximate surface area is 256 Å². The maximum Gasteiger partial charge on any atom is 0.0636 e. The molecule has 0 aromatic heterocycles. The number of hydrogen-bond acceptors (Lipinski definition) is 0. The van der Waals surface area contributed by atoms with Crippen molar-refractivity contribution in [1.29, 1.82) is 0 Å². The molecule has 0 spiro atoms. The third kappa shape index (κ3) is 4.08. The zero-order valence-electron chi connectivity index (χ0n) is 29.6. The largest absolute Gasteiger partial charge is 0.0636 e. The van der Waals surface area contributed by atoms with Crippen LogP contribution in [0, 0.1) is 0 Å². The highest BCUT2D eigenvalue weighted by molar-refractivity contribution is 6.22. The Balaban J connectivity index is 1.56. The number of hydrogen-bond donors (Lipinski definition) is 0. The third-order valence-corrected chi connectivity index (χ3v) is 7.90. The first kappa shape index (κ1) is 18.1. The zero-order valence-corrected chi connectivity index (χ0v) is 22.6. The Morgan fingerprint density at radius 2 is 0.881 bits per heavy atom. The first-order valence-electron chi connectivity index (χ1n) is 17.5. The summed E-state index contributed by atoms with van der Waals surface area (Å²) in [4.78, 5) is 0. The Bertz CT molecular complexity index is 2590. The van der Waals surface area contributed by atoms with E-state index < -0.39 is 0 Å². The van der Waals surface area contributed by atoms with E-state index >= 15 is 0 Å². The molecule has 196 valence electrons. The van der Waals surface area contributed by atoms with Crippen LogP contribution in [0.25, 0.3) is 76.8 Å². The van der Waals surface area contributed by atoms with E-state index in [-0.39, 0.29) is 53.1 Å². The molecule has 0 bridgehead atoms. The van der Waals surface area contributed by atoms with Gasteiger partial charge in [-0.3, -0.25) is 0 Å². The van der Waals surface area contributed by atoms with Gasteiger partial charge in [0, 0.05) is 0 Å². The van der Waals surface area contributed by atoms with Gasteiger partial charge in [-0.25, -0.2) is 0 Å². The predicted molar refractivity (Wildman–Crippen MR) is 181 cm³/mol. The highest BCUT2D eigenvalue weighted by Gasteiger charge is 2.17. The molecule has 0 aliphatic heterocycles. The molecule has 0 amide bonds. The molecule has 0 fully saturated rings. The first-order valence-corrected chi connectivity index (χ1v) is 14.0. The van der Waals surface area contributed by atoms with E-state index in [4.69, 9.17) is 2.74 Å². The zero-order chi connectivity index (χ0) is 34.0. The highest BCUT2D eigenvalue weighted by Crippen LogP contribution is 2.45. The molecular formula is C42H28. The molecule has 42 heavy (non-hydrogen) atoms. The van der Waals surface area contributed by atoms with Crippen molar-refractivity contribution in [2.45, 2.75) is 0 Å². The van der Waals surface area contributed by atoms with Crippen LogP contribution in [0.4, 0.5) is 0 Å². The molecule has 0 aliphatic rings. The van der Waals surface area contributed by atoms with Gasteiger partial charge in [0.15, 0.2) is 0 Å². The molecule has 0 nitrogen and oxygen atoms in total. The molecule has 8 rings (SSSR count). The second-order valence-corrected chi connectivity index (χ2v) is 10.3. The summed E-state index contributed by atoms with van der Waals surface area (Å²) in [7, 11) is 0. The molecule has 8 aromatic rings. The van der Waals surface area contributed by atoms with E-state index in [1.807, 2.05) is 103 Å². The van der Waals surface area contributed by atoms with Gasteiger partial charge in [0.05, 0.1) is 9.60 Å². The van der Waals surface area contributed by atoms with Crippen molar-refractivity contribution in [3.05, 3.63) is 170 Å². The first-order chi connectivity index (χ1) is 23.8. The minimum absolute atomic E-state index is 0.0295. The van der Waals surface area contributed by atoms with Crippen molar-refractivity contribution < 1.29 is 9.60 Å². The van der Waals surface area contributed by atoms with Crippen LogP contribution >= 0.6 is 0 Å². The van der Waals surface area contributed by atoms with Gasteiger partial charge in [-0.1, -0.05) is 164 Å². The minimum Gasteiger partial charge on any atom is -0.0622 e. The van der Waals surface area contributed by atoms with Crippen LogP contribution in [0.5, 0.6) is 0 Å². The van der Waals surface area contributed by atoms with Crippen molar-refractivity contribution in [3.63, 3.8) is 0 Å². The van der Waals surface area contributed by atoms with Crippen LogP contribution in [-0.2, 0) is 0 Å². The Hall–Kier alpha value is -5.46. The lowest BCUT2D eigenvalue weighted by Gasteiger charge is -2.19. The lowest BCUT2D eigenvalue weighted by Crippen LogP contribution is -1.92. The van der Waals surface area contributed by atoms with Crippen LogP contribution in [0.15, 0.2) is 170 Å². The van der Waals surface area contributed by atoms with E-state index in [0.29, 0.717) is 44.2 Å². The van der Waals surface area contributed by atoms with Crippen molar-refractivity contribution in [2.24, 2.45) is 0 Å². The Morgan fingerprint density at radius 3 is 1.62 bits per heavy atom. The van der Waals surface area contributed by atoms with Gasteiger partial charge in [-0.2, -0.15) is 0 Å². The quantitative estimate of drug-likeness (QED) is 0.195. The summed E-state index contributed by atoms with van der Waals surface area (Å²) in [5.74, 6) is 0. The van der Waals surface area contributed by atoms with Gasteiger partial charge < -0.3 is 0 Å². The van der Waals surface area contributed by atoms with Crippen LogP contribution < -0.4 is 0 Å². The number of rotatable bonds is 4.